The minimum absolute atomic E-state index is 0.0230. The zero-order valence-corrected chi connectivity index (χ0v) is 10.9. The van der Waals surface area contributed by atoms with E-state index in [4.69, 9.17) is 9.84 Å². The van der Waals surface area contributed by atoms with Gasteiger partial charge in [-0.05, 0) is 25.0 Å². The Bertz CT molecular complexity index is 502. The van der Waals surface area contributed by atoms with Crippen molar-refractivity contribution in [1.29, 1.82) is 0 Å². The van der Waals surface area contributed by atoms with E-state index in [1.54, 1.807) is 6.07 Å². The molecule has 1 aliphatic rings. The minimum atomic E-state index is -0.946. The van der Waals surface area contributed by atoms with Crippen molar-refractivity contribution in [2.45, 2.75) is 25.3 Å². The average Bonchev–Trinajstić information content (AvgIpc) is 3.22. The zero-order chi connectivity index (χ0) is 14.5. The van der Waals surface area contributed by atoms with E-state index in [9.17, 15) is 14.0 Å². The predicted molar refractivity (Wildman–Crippen MR) is 68.9 cm³/mol. The highest BCUT2D eigenvalue weighted by atomic mass is 19.1. The third-order valence-electron chi connectivity index (χ3n) is 3.06. The molecule has 1 aromatic rings. The molecule has 0 spiro atoms. The van der Waals surface area contributed by atoms with Gasteiger partial charge in [0.25, 0.3) is 5.91 Å². The molecule has 0 aromatic heterocycles. The van der Waals surface area contributed by atoms with Crippen LogP contribution in [-0.4, -0.2) is 41.1 Å². The average molecular weight is 281 g/mol. The molecule has 0 aliphatic heterocycles. The van der Waals surface area contributed by atoms with Gasteiger partial charge >= 0.3 is 5.97 Å². The van der Waals surface area contributed by atoms with Crippen LogP contribution in [0.3, 0.4) is 0 Å². The van der Waals surface area contributed by atoms with Gasteiger partial charge in [0, 0.05) is 12.6 Å². The molecule has 0 heterocycles. The lowest BCUT2D eigenvalue weighted by molar-refractivity contribution is -0.139. The van der Waals surface area contributed by atoms with E-state index in [0.717, 1.165) is 12.8 Å². The van der Waals surface area contributed by atoms with E-state index < -0.39 is 11.8 Å². The molecule has 0 bridgehead atoms. The highest BCUT2D eigenvalue weighted by Crippen LogP contribution is 2.27. The summed E-state index contributed by atoms with van der Waals surface area (Å²) >= 11 is 0. The molecular formula is C14H16FNO4. The Morgan fingerprint density at radius 3 is 2.65 bits per heavy atom. The van der Waals surface area contributed by atoms with Crippen molar-refractivity contribution in [3.8, 4) is 5.75 Å². The van der Waals surface area contributed by atoms with Crippen molar-refractivity contribution >= 4 is 11.9 Å². The maximum absolute atomic E-state index is 13.3. The Morgan fingerprint density at radius 2 is 2.05 bits per heavy atom. The van der Waals surface area contributed by atoms with Crippen LogP contribution in [0.4, 0.5) is 4.39 Å². The molecule has 1 aliphatic carbocycles. The smallest absolute Gasteiger partial charge is 0.305 e. The van der Waals surface area contributed by atoms with Gasteiger partial charge in [0.05, 0.1) is 6.42 Å². The molecule has 108 valence electrons. The summed E-state index contributed by atoms with van der Waals surface area (Å²) in [5.41, 5.74) is 0. The summed E-state index contributed by atoms with van der Waals surface area (Å²) in [5, 5.41) is 8.67. The normalized spacial score (nSPS) is 13.8. The molecule has 1 N–H and O–H groups in total. The van der Waals surface area contributed by atoms with Crippen LogP contribution in [-0.2, 0) is 9.59 Å². The van der Waals surface area contributed by atoms with E-state index >= 15 is 0 Å². The van der Waals surface area contributed by atoms with Crippen LogP contribution >= 0.6 is 0 Å². The number of halogens is 1. The lowest BCUT2D eigenvalue weighted by atomic mass is 10.3. The molecule has 1 fully saturated rings. The van der Waals surface area contributed by atoms with Crippen molar-refractivity contribution in [2.24, 2.45) is 0 Å². The Morgan fingerprint density at radius 1 is 1.35 bits per heavy atom. The van der Waals surface area contributed by atoms with Gasteiger partial charge < -0.3 is 14.7 Å². The number of carboxylic acid groups (broad SMARTS) is 1. The number of aliphatic carboxylic acids is 1. The van der Waals surface area contributed by atoms with E-state index in [-0.39, 0.29) is 37.3 Å². The van der Waals surface area contributed by atoms with Crippen LogP contribution in [0.15, 0.2) is 24.3 Å². The summed E-state index contributed by atoms with van der Waals surface area (Å²) in [7, 11) is 0. The summed E-state index contributed by atoms with van der Waals surface area (Å²) in [6, 6.07) is 5.95. The monoisotopic (exact) mass is 281 g/mol. The quantitative estimate of drug-likeness (QED) is 0.825. The third kappa shape index (κ3) is 3.94. The van der Waals surface area contributed by atoms with Crippen LogP contribution in [0.1, 0.15) is 19.3 Å². The molecule has 20 heavy (non-hydrogen) atoms. The number of rotatable bonds is 7. The van der Waals surface area contributed by atoms with E-state index in [1.807, 2.05) is 0 Å². The van der Waals surface area contributed by atoms with E-state index in [1.165, 1.54) is 23.1 Å². The van der Waals surface area contributed by atoms with Gasteiger partial charge in [-0.3, -0.25) is 9.59 Å². The molecule has 0 radical (unpaired) electrons. The second kappa shape index (κ2) is 6.36. The third-order valence-corrected chi connectivity index (χ3v) is 3.06. The van der Waals surface area contributed by atoms with Gasteiger partial charge in [0.1, 0.15) is 0 Å². The Labute approximate surface area is 116 Å². The number of ether oxygens (including phenoxy) is 1. The molecule has 2 rings (SSSR count). The molecule has 0 saturated heterocycles. The first kappa shape index (κ1) is 14.3. The molecule has 1 amide bonds. The van der Waals surface area contributed by atoms with Crippen molar-refractivity contribution < 1.29 is 23.8 Å². The van der Waals surface area contributed by atoms with Crippen LogP contribution in [0.25, 0.3) is 0 Å². The molecule has 0 atom stereocenters. The fourth-order valence-corrected chi connectivity index (χ4v) is 1.90. The van der Waals surface area contributed by atoms with Crippen molar-refractivity contribution in [3.05, 3.63) is 30.1 Å². The number of nitrogens with zero attached hydrogens (tertiary/aromatic N) is 1. The number of carboxylic acids is 1. The lowest BCUT2D eigenvalue weighted by Gasteiger charge is -2.21. The van der Waals surface area contributed by atoms with Crippen LogP contribution < -0.4 is 4.74 Å². The highest BCUT2D eigenvalue weighted by Gasteiger charge is 2.32. The summed E-state index contributed by atoms with van der Waals surface area (Å²) in [6.07, 6.45) is 1.66. The van der Waals surface area contributed by atoms with Gasteiger partial charge in [-0.1, -0.05) is 12.1 Å². The number of carbonyl (C=O) groups is 2. The zero-order valence-electron chi connectivity index (χ0n) is 10.9. The highest BCUT2D eigenvalue weighted by molar-refractivity contribution is 5.79. The molecule has 5 nitrogen and oxygen atoms in total. The number of para-hydroxylation sites is 1. The summed E-state index contributed by atoms with van der Waals surface area (Å²) in [4.78, 5) is 24.1. The van der Waals surface area contributed by atoms with E-state index in [2.05, 4.69) is 0 Å². The van der Waals surface area contributed by atoms with Crippen molar-refractivity contribution in [1.82, 2.24) is 4.90 Å². The first-order valence-electron chi connectivity index (χ1n) is 6.46. The predicted octanol–water partition coefficient (Wildman–Crippen LogP) is 1.67. The first-order valence-corrected chi connectivity index (χ1v) is 6.46. The van der Waals surface area contributed by atoms with E-state index in [0.29, 0.717) is 0 Å². The Hall–Kier alpha value is -2.11. The fraction of sp³-hybridized carbons (Fsp3) is 0.429. The first-order chi connectivity index (χ1) is 9.58. The molecule has 6 heteroatoms. The maximum Gasteiger partial charge on any atom is 0.305 e. The van der Waals surface area contributed by atoms with Gasteiger partial charge in [0.15, 0.2) is 18.2 Å². The molecule has 0 unspecified atom stereocenters. The maximum atomic E-state index is 13.3. The minimum Gasteiger partial charge on any atom is -0.481 e. The van der Waals surface area contributed by atoms with Gasteiger partial charge in [-0.15, -0.1) is 0 Å². The van der Waals surface area contributed by atoms with Crippen LogP contribution in [0.5, 0.6) is 5.75 Å². The Balaban J connectivity index is 1.88. The molecule has 1 saturated carbocycles. The van der Waals surface area contributed by atoms with Crippen molar-refractivity contribution in [3.63, 3.8) is 0 Å². The number of hydrogen-bond donors (Lipinski definition) is 1. The number of benzene rings is 1. The SMILES string of the molecule is O=C(O)CCN(C(=O)COc1ccccc1F)C1CC1. The number of hydrogen-bond acceptors (Lipinski definition) is 3. The summed E-state index contributed by atoms with van der Waals surface area (Å²) in [5.74, 6) is -1.76. The van der Waals surface area contributed by atoms with Gasteiger partial charge in [-0.25, -0.2) is 4.39 Å². The standard InChI is InChI=1S/C14H16FNO4/c15-11-3-1-2-4-12(11)20-9-13(17)16(10-5-6-10)8-7-14(18)19/h1-4,10H,5-9H2,(H,18,19). The van der Waals surface area contributed by atoms with Gasteiger partial charge in [0.2, 0.25) is 0 Å². The second-order valence-electron chi connectivity index (χ2n) is 4.68. The topological polar surface area (TPSA) is 66.8 Å². The van der Waals surface area contributed by atoms with Crippen molar-refractivity contribution in [2.75, 3.05) is 13.2 Å². The Kier molecular flexibility index (Phi) is 4.55. The number of carbonyl (C=O) groups excluding carboxylic acids is 1. The summed E-state index contributed by atoms with van der Waals surface area (Å²) < 4.78 is 18.5. The molecular weight excluding hydrogens is 265 g/mol. The summed E-state index contributed by atoms with van der Waals surface area (Å²) in [6.45, 7) is -0.115. The molecule has 1 aromatic carbocycles. The fourth-order valence-electron chi connectivity index (χ4n) is 1.90. The van der Waals surface area contributed by atoms with Crippen LogP contribution in [0.2, 0.25) is 0 Å². The second-order valence-corrected chi connectivity index (χ2v) is 4.68. The van der Waals surface area contributed by atoms with Crippen LogP contribution in [0, 0.1) is 5.82 Å². The largest absolute Gasteiger partial charge is 0.481 e. The van der Waals surface area contributed by atoms with Gasteiger partial charge in [-0.2, -0.15) is 0 Å². The lowest BCUT2D eigenvalue weighted by Crippen LogP contribution is -2.38. The number of amides is 1.